The lowest BCUT2D eigenvalue weighted by Gasteiger charge is -2.15. The van der Waals surface area contributed by atoms with Gasteiger partial charge in [0.1, 0.15) is 5.82 Å². The first-order chi connectivity index (χ1) is 8.72. The first-order valence-corrected chi connectivity index (χ1v) is 5.99. The molecule has 1 aromatic carbocycles. The van der Waals surface area contributed by atoms with Crippen LogP contribution >= 0.6 is 0 Å². The number of rotatable bonds is 4. The van der Waals surface area contributed by atoms with E-state index < -0.39 is 0 Å². The van der Waals surface area contributed by atoms with E-state index in [-0.39, 0.29) is 5.78 Å². The Bertz CT molecular complexity index is 520. The Morgan fingerprint density at radius 3 is 2.39 bits per heavy atom. The van der Waals surface area contributed by atoms with Gasteiger partial charge in [-0.15, -0.1) is 0 Å². The van der Waals surface area contributed by atoms with Gasteiger partial charge in [0.2, 0.25) is 0 Å². The van der Waals surface area contributed by atoms with Gasteiger partial charge in [0.15, 0.2) is 5.78 Å². The summed E-state index contributed by atoms with van der Waals surface area (Å²) in [4.78, 5) is 18.5. The Hall–Kier alpha value is -2.16. The SMILES string of the molecule is CCN(C)c1ccc(C(=O)c2ccccc2)cn1. The van der Waals surface area contributed by atoms with Crippen LogP contribution in [0.15, 0.2) is 48.7 Å². The molecule has 0 unspecified atom stereocenters. The maximum atomic E-state index is 12.1. The molecule has 0 aliphatic carbocycles. The summed E-state index contributed by atoms with van der Waals surface area (Å²) in [5, 5.41) is 0. The second-order valence-corrected chi connectivity index (χ2v) is 4.11. The molecule has 1 aromatic heterocycles. The summed E-state index contributed by atoms with van der Waals surface area (Å²) in [7, 11) is 1.97. The predicted molar refractivity (Wildman–Crippen MR) is 73.1 cm³/mol. The number of anilines is 1. The summed E-state index contributed by atoms with van der Waals surface area (Å²) in [6, 6.07) is 12.9. The molecular weight excluding hydrogens is 224 g/mol. The number of benzene rings is 1. The Morgan fingerprint density at radius 1 is 1.11 bits per heavy atom. The fourth-order valence-electron chi connectivity index (χ4n) is 1.66. The van der Waals surface area contributed by atoms with Crippen molar-refractivity contribution in [2.24, 2.45) is 0 Å². The molecule has 1 heterocycles. The van der Waals surface area contributed by atoms with Crippen LogP contribution in [0.3, 0.4) is 0 Å². The van der Waals surface area contributed by atoms with Gasteiger partial charge in [-0.2, -0.15) is 0 Å². The van der Waals surface area contributed by atoms with Crippen molar-refractivity contribution >= 4 is 11.6 Å². The molecule has 18 heavy (non-hydrogen) atoms. The molecule has 0 fully saturated rings. The number of hydrogen-bond acceptors (Lipinski definition) is 3. The molecule has 2 rings (SSSR count). The van der Waals surface area contributed by atoms with Gasteiger partial charge < -0.3 is 4.90 Å². The minimum Gasteiger partial charge on any atom is -0.360 e. The number of pyridine rings is 1. The van der Waals surface area contributed by atoms with Gasteiger partial charge in [-0.25, -0.2) is 4.98 Å². The third-order valence-corrected chi connectivity index (χ3v) is 2.91. The van der Waals surface area contributed by atoms with Crippen molar-refractivity contribution in [2.45, 2.75) is 6.92 Å². The van der Waals surface area contributed by atoms with E-state index in [1.807, 2.05) is 54.4 Å². The van der Waals surface area contributed by atoms with E-state index in [1.165, 1.54) is 0 Å². The average Bonchev–Trinajstić information content (AvgIpc) is 2.47. The molecule has 0 spiro atoms. The molecule has 0 aliphatic rings. The Labute approximate surface area is 107 Å². The molecule has 3 nitrogen and oxygen atoms in total. The van der Waals surface area contributed by atoms with Crippen LogP contribution in [0.2, 0.25) is 0 Å². The summed E-state index contributed by atoms with van der Waals surface area (Å²) in [5.41, 5.74) is 1.31. The van der Waals surface area contributed by atoms with Crippen LogP contribution in [0.4, 0.5) is 5.82 Å². The highest BCUT2D eigenvalue weighted by Gasteiger charge is 2.09. The first kappa shape index (κ1) is 12.3. The maximum absolute atomic E-state index is 12.1. The topological polar surface area (TPSA) is 33.2 Å². The minimum absolute atomic E-state index is 0.00815. The fourth-order valence-corrected chi connectivity index (χ4v) is 1.66. The van der Waals surface area contributed by atoms with E-state index >= 15 is 0 Å². The van der Waals surface area contributed by atoms with Crippen molar-refractivity contribution in [2.75, 3.05) is 18.5 Å². The van der Waals surface area contributed by atoms with Gasteiger partial charge in [-0.05, 0) is 19.1 Å². The van der Waals surface area contributed by atoms with Gasteiger partial charge in [-0.1, -0.05) is 30.3 Å². The van der Waals surface area contributed by atoms with Gasteiger partial charge >= 0.3 is 0 Å². The third kappa shape index (κ3) is 2.56. The van der Waals surface area contributed by atoms with E-state index in [0.717, 1.165) is 12.4 Å². The van der Waals surface area contributed by atoms with E-state index in [2.05, 4.69) is 11.9 Å². The summed E-state index contributed by atoms with van der Waals surface area (Å²) in [5.74, 6) is 0.885. The zero-order chi connectivity index (χ0) is 13.0. The molecule has 0 bridgehead atoms. The van der Waals surface area contributed by atoms with Crippen LogP contribution in [-0.2, 0) is 0 Å². The van der Waals surface area contributed by atoms with Crippen molar-refractivity contribution in [3.05, 3.63) is 59.8 Å². The zero-order valence-electron chi connectivity index (χ0n) is 10.6. The molecule has 0 atom stereocenters. The highest BCUT2D eigenvalue weighted by Crippen LogP contribution is 2.13. The summed E-state index contributed by atoms with van der Waals surface area (Å²) < 4.78 is 0. The number of aromatic nitrogens is 1. The summed E-state index contributed by atoms with van der Waals surface area (Å²) in [6.07, 6.45) is 1.64. The molecule has 92 valence electrons. The van der Waals surface area contributed by atoms with Crippen molar-refractivity contribution in [1.82, 2.24) is 4.98 Å². The average molecular weight is 240 g/mol. The second-order valence-electron chi connectivity index (χ2n) is 4.11. The van der Waals surface area contributed by atoms with Crippen LogP contribution in [-0.4, -0.2) is 24.4 Å². The van der Waals surface area contributed by atoms with Crippen LogP contribution in [0, 0.1) is 0 Å². The Balaban J connectivity index is 2.22. The lowest BCUT2D eigenvalue weighted by Crippen LogP contribution is -2.17. The Morgan fingerprint density at radius 2 is 1.83 bits per heavy atom. The third-order valence-electron chi connectivity index (χ3n) is 2.91. The van der Waals surface area contributed by atoms with E-state index in [0.29, 0.717) is 11.1 Å². The number of carbonyl (C=O) groups is 1. The first-order valence-electron chi connectivity index (χ1n) is 5.99. The minimum atomic E-state index is 0.00815. The smallest absolute Gasteiger partial charge is 0.194 e. The zero-order valence-corrected chi connectivity index (χ0v) is 10.6. The number of ketones is 1. The van der Waals surface area contributed by atoms with E-state index in [4.69, 9.17) is 0 Å². The monoisotopic (exact) mass is 240 g/mol. The van der Waals surface area contributed by atoms with Gasteiger partial charge in [0.25, 0.3) is 0 Å². The highest BCUT2D eigenvalue weighted by atomic mass is 16.1. The van der Waals surface area contributed by atoms with Crippen LogP contribution in [0.5, 0.6) is 0 Å². The van der Waals surface area contributed by atoms with Crippen LogP contribution < -0.4 is 4.90 Å². The molecule has 0 N–H and O–H groups in total. The normalized spacial score (nSPS) is 10.1. The molecule has 0 aliphatic heterocycles. The molecule has 0 saturated heterocycles. The lowest BCUT2D eigenvalue weighted by molar-refractivity contribution is 0.103. The van der Waals surface area contributed by atoms with Crippen LogP contribution in [0.1, 0.15) is 22.8 Å². The standard InChI is InChI=1S/C15H16N2O/c1-3-17(2)14-10-9-13(11-16-14)15(18)12-7-5-4-6-8-12/h4-11H,3H2,1-2H3. The molecule has 0 radical (unpaired) electrons. The van der Waals surface area contributed by atoms with Crippen LogP contribution in [0.25, 0.3) is 0 Å². The van der Waals surface area contributed by atoms with Crippen molar-refractivity contribution in [3.63, 3.8) is 0 Å². The quantitative estimate of drug-likeness (QED) is 0.770. The van der Waals surface area contributed by atoms with E-state index in [9.17, 15) is 4.79 Å². The molecule has 3 heteroatoms. The van der Waals surface area contributed by atoms with Gasteiger partial charge in [-0.3, -0.25) is 4.79 Å². The predicted octanol–water partition coefficient (Wildman–Crippen LogP) is 2.77. The largest absolute Gasteiger partial charge is 0.360 e. The number of hydrogen-bond donors (Lipinski definition) is 0. The number of carbonyl (C=O) groups excluding carboxylic acids is 1. The molecule has 0 saturated carbocycles. The van der Waals surface area contributed by atoms with Crippen molar-refractivity contribution < 1.29 is 4.79 Å². The summed E-state index contributed by atoms with van der Waals surface area (Å²) in [6.45, 7) is 2.95. The fraction of sp³-hybridized carbons (Fsp3) is 0.200. The molecule has 0 amide bonds. The maximum Gasteiger partial charge on any atom is 0.194 e. The number of nitrogens with zero attached hydrogens (tertiary/aromatic N) is 2. The van der Waals surface area contributed by atoms with Crippen molar-refractivity contribution in [1.29, 1.82) is 0 Å². The van der Waals surface area contributed by atoms with Gasteiger partial charge in [0.05, 0.1) is 0 Å². The highest BCUT2D eigenvalue weighted by molar-refractivity contribution is 6.08. The second kappa shape index (κ2) is 5.45. The molecule has 2 aromatic rings. The van der Waals surface area contributed by atoms with Gasteiger partial charge in [0, 0.05) is 30.9 Å². The Kier molecular flexibility index (Phi) is 3.72. The van der Waals surface area contributed by atoms with Crippen molar-refractivity contribution in [3.8, 4) is 0 Å². The van der Waals surface area contributed by atoms with E-state index in [1.54, 1.807) is 6.20 Å². The summed E-state index contributed by atoms with van der Waals surface area (Å²) >= 11 is 0. The molecular formula is C15H16N2O. The lowest BCUT2D eigenvalue weighted by atomic mass is 10.1.